The van der Waals surface area contributed by atoms with E-state index in [1.807, 2.05) is 5.09 Å². The topological polar surface area (TPSA) is 142 Å². The fourth-order valence-corrected chi connectivity index (χ4v) is 3.68. The second kappa shape index (κ2) is 4.26. The number of nitrogens with one attached hydrogen (secondary N) is 1. The first-order valence-corrected chi connectivity index (χ1v) is 7.15. The van der Waals surface area contributed by atoms with E-state index in [9.17, 15) is 24.2 Å². The molecule has 0 aromatic rings. The molecular formula is C9H14NO8P. The molecule has 19 heavy (non-hydrogen) atoms. The van der Waals surface area contributed by atoms with Crippen molar-refractivity contribution < 1.29 is 38.5 Å². The van der Waals surface area contributed by atoms with Crippen LogP contribution in [0.4, 0.5) is 0 Å². The molecular weight excluding hydrogens is 281 g/mol. The highest BCUT2D eigenvalue weighted by Gasteiger charge is 2.78. The Hall–Kier alpha value is -0.990. The van der Waals surface area contributed by atoms with Crippen LogP contribution in [-0.4, -0.2) is 51.4 Å². The van der Waals surface area contributed by atoms with Gasteiger partial charge in [-0.1, -0.05) is 0 Å². The minimum absolute atomic E-state index is 0.0201. The minimum atomic E-state index is -4.34. The van der Waals surface area contributed by atoms with Gasteiger partial charge in [0.05, 0.1) is 13.2 Å². The number of carboxylic acid groups (broad SMARTS) is 2. The quantitative estimate of drug-likeness (QED) is 0.473. The summed E-state index contributed by atoms with van der Waals surface area (Å²) in [6.07, 6.45) is -0.0201. The average Bonchev–Trinajstić information content (AvgIpc) is 2.93. The summed E-state index contributed by atoms with van der Waals surface area (Å²) in [5.74, 6) is -3.62. The fraction of sp³-hybridized carbons (Fsp3) is 0.778. The van der Waals surface area contributed by atoms with Gasteiger partial charge in [0.25, 0.3) is 0 Å². The lowest BCUT2D eigenvalue weighted by Gasteiger charge is -2.27. The zero-order valence-corrected chi connectivity index (χ0v) is 10.9. The number of carboxylic acids is 2. The minimum Gasteiger partial charge on any atom is -0.480 e. The highest BCUT2D eigenvalue weighted by atomic mass is 31.2. The summed E-state index contributed by atoms with van der Waals surface area (Å²) in [7, 11) is -4.34. The first-order chi connectivity index (χ1) is 8.70. The van der Waals surface area contributed by atoms with Gasteiger partial charge >= 0.3 is 19.7 Å². The SMILES string of the molecule is CCOP(=O)(O)NC1(C(=O)O)COC2(C(=O)O)CC12. The van der Waals surface area contributed by atoms with Crippen molar-refractivity contribution in [2.45, 2.75) is 24.5 Å². The molecule has 0 amide bonds. The standard InChI is InChI=1S/C9H14NO8P/c1-2-18-19(15,16)10-8(6(11)12)4-17-9(7(13)14)3-5(8)9/h5H,2-4H2,1H3,(H,11,12)(H,13,14)(H2,10,15,16). The van der Waals surface area contributed by atoms with E-state index in [2.05, 4.69) is 4.52 Å². The summed E-state index contributed by atoms with van der Waals surface area (Å²) >= 11 is 0. The molecule has 0 aromatic heterocycles. The van der Waals surface area contributed by atoms with Crippen LogP contribution >= 0.6 is 7.75 Å². The molecule has 0 bridgehead atoms. The zero-order chi connectivity index (χ0) is 14.5. The van der Waals surface area contributed by atoms with Crippen LogP contribution in [-0.2, 0) is 23.4 Å². The third kappa shape index (κ3) is 2.07. The Morgan fingerprint density at radius 1 is 1.47 bits per heavy atom. The normalized spacial score (nSPS) is 39.4. The molecule has 10 heteroatoms. The zero-order valence-electron chi connectivity index (χ0n) is 10.0. The lowest BCUT2D eigenvalue weighted by molar-refractivity contribution is -0.152. The van der Waals surface area contributed by atoms with Crippen LogP contribution < -0.4 is 5.09 Å². The molecule has 1 aliphatic carbocycles. The van der Waals surface area contributed by atoms with E-state index in [0.29, 0.717) is 0 Å². The van der Waals surface area contributed by atoms with Crippen LogP contribution in [0, 0.1) is 5.92 Å². The van der Waals surface area contributed by atoms with E-state index in [0.717, 1.165) is 0 Å². The van der Waals surface area contributed by atoms with Crippen molar-refractivity contribution in [1.82, 2.24) is 5.09 Å². The first-order valence-electron chi connectivity index (χ1n) is 5.58. The van der Waals surface area contributed by atoms with Crippen molar-refractivity contribution in [1.29, 1.82) is 0 Å². The van der Waals surface area contributed by atoms with E-state index in [-0.39, 0.29) is 13.0 Å². The van der Waals surface area contributed by atoms with Crippen LogP contribution in [0.1, 0.15) is 13.3 Å². The van der Waals surface area contributed by atoms with Gasteiger partial charge in [0.15, 0.2) is 11.1 Å². The maximum atomic E-state index is 11.7. The smallest absolute Gasteiger partial charge is 0.403 e. The van der Waals surface area contributed by atoms with Gasteiger partial charge in [-0.15, -0.1) is 0 Å². The van der Waals surface area contributed by atoms with Crippen molar-refractivity contribution in [2.24, 2.45) is 5.92 Å². The molecule has 2 fully saturated rings. The summed E-state index contributed by atoms with van der Waals surface area (Å²) in [4.78, 5) is 31.9. The summed E-state index contributed by atoms with van der Waals surface area (Å²) < 4.78 is 21.3. The predicted octanol–water partition coefficient (Wildman–Crippen LogP) is -0.590. The Bertz CT molecular complexity index is 481. The number of hydrogen-bond donors (Lipinski definition) is 4. The largest absolute Gasteiger partial charge is 0.480 e. The molecule has 4 unspecified atom stereocenters. The predicted molar refractivity (Wildman–Crippen MR) is 59.4 cm³/mol. The number of fused-ring (bicyclic) bond motifs is 1. The highest BCUT2D eigenvalue weighted by Crippen LogP contribution is 2.61. The maximum Gasteiger partial charge on any atom is 0.403 e. The van der Waals surface area contributed by atoms with Gasteiger partial charge in [0.1, 0.15) is 0 Å². The Morgan fingerprint density at radius 2 is 2.11 bits per heavy atom. The Balaban J connectivity index is 2.26. The Kier molecular flexibility index (Phi) is 3.23. The van der Waals surface area contributed by atoms with Crippen LogP contribution in [0.15, 0.2) is 0 Å². The van der Waals surface area contributed by atoms with Crippen LogP contribution in [0.3, 0.4) is 0 Å². The Labute approximate surface area is 108 Å². The molecule has 1 heterocycles. The van der Waals surface area contributed by atoms with E-state index in [4.69, 9.17) is 9.84 Å². The molecule has 2 aliphatic rings. The van der Waals surface area contributed by atoms with E-state index in [1.54, 1.807) is 0 Å². The molecule has 2 rings (SSSR count). The molecule has 1 saturated heterocycles. The van der Waals surface area contributed by atoms with Crippen molar-refractivity contribution >= 4 is 19.7 Å². The number of hydrogen-bond acceptors (Lipinski definition) is 5. The van der Waals surface area contributed by atoms with Crippen molar-refractivity contribution in [3.63, 3.8) is 0 Å². The first kappa shape index (κ1) is 14.4. The number of ether oxygens (including phenoxy) is 1. The van der Waals surface area contributed by atoms with Crippen LogP contribution in [0.2, 0.25) is 0 Å². The third-order valence-electron chi connectivity index (χ3n) is 3.45. The summed E-state index contributed by atoms with van der Waals surface area (Å²) in [5, 5.41) is 20.3. The maximum absolute atomic E-state index is 11.7. The molecule has 0 aromatic carbocycles. The fourth-order valence-electron chi connectivity index (χ4n) is 2.45. The molecule has 1 saturated carbocycles. The van der Waals surface area contributed by atoms with Gasteiger partial charge in [0, 0.05) is 5.92 Å². The summed E-state index contributed by atoms with van der Waals surface area (Å²) in [6, 6.07) is 0. The van der Waals surface area contributed by atoms with Crippen molar-refractivity contribution in [3.8, 4) is 0 Å². The van der Waals surface area contributed by atoms with Gasteiger partial charge in [-0.3, -0.25) is 9.32 Å². The molecule has 9 nitrogen and oxygen atoms in total. The third-order valence-corrected chi connectivity index (χ3v) is 4.74. The van der Waals surface area contributed by atoms with Gasteiger partial charge in [0.2, 0.25) is 0 Å². The lowest BCUT2D eigenvalue weighted by atomic mass is 9.96. The number of aliphatic carboxylic acids is 2. The molecule has 0 spiro atoms. The van der Waals surface area contributed by atoms with Gasteiger partial charge in [-0.2, -0.15) is 0 Å². The van der Waals surface area contributed by atoms with Gasteiger partial charge < -0.3 is 19.8 Å². The summed E-state index contributed by atoms with van der Waals surface area (Å²) in [6.45, 7) is 0.880. The lowest BCUT2D eigenvalue weighted by Crippen LogP contribution is -2.54. The number of carbonyl (C=O) groups is 2. The van der Waals surface area contributed by atoms with E-state index < -0.39 is 43.3 Å². The Morgan fingerprint density at radius 3 is 2.47 bits per heavy atom. The molecule has 108 valence electrons. The van der Waals surface area contributed by atoms with Crippen molar-refractivity contribution in [2.75, 3.05) is 13.2 Å². The molecule has 0 radical (unpaired) electrons. The van der Waals surface area contributed by atoms with Crippen molar-refractivity contribution in [3.05, 3.63) is 0 Å². The molecule has 4 N–H and O–H groups in total. The average molecular weight is 295 g/mol. The van der Waals surface area contributed by atoms with Crippen LogP contribution in [0.25, 0.3) is 0 Å². The highest BCUT2D eigenvalue weighted by molar-refractivity contribution is 7.50. The summed E-state index contributed by atoms with van der Waals surface area (Å²) in [5.41, 5.74) is -3.49. The second-order valence-corrected chi connectivity index (χ2v) is 6.09. The second-order valence-electron chi connectivity index (χ2n) is 4.57. The molecule has 4 atom stereocenters. The van der Waals surface area contributed by atoms with Crippen LogP contribution in [0.5, 0.6) is 0 Å². The van der Waals surface area contributed by atoms with Gasteiger partial charge in [-0.05, 0) is 13.3 Å². The monoisotopic (exact) mass is 295 g/mol. The number of rotatable bonds is 6. The van der Waals surface area contributed by atoms with E-state index in [1.165, 1.54) is 6.92 Å². The van der Waals surface area contributed by atoms with E-state index >= 15 is 0 Å². The molecule has 1 aliphatic heterocycles. The van der Waals surface area contributed by atoms with Gasteiger partial charge in [-0.25, -0.2) is 14.4 Å².